The van der Waals surface area contributed by atoms with Crippen LogP contribution in [0.15, 0.2) is 0 Å². The molecule has 9 atom stereocenters. The van der Waals surface area contributed by atoms with Crippen LogP contribution in [-0.2, 0) is 33.3 Å². The van der Waals surface area contributed by atoms with Gasteiger partial charge in [0.05, 0.1) is 35.9 Å². The van der Waals surface area contributed by atoms with E-state index >= 15 is 0 Å². The number of hydrogen-bond donors (Lipinski definition) is 3. The molecule has 4 fully saturated rings. The highest BCUT2D eigenvalue weighted by molar-refractivity contribution is 5.83. The van der Waals surface area contributed by atoms with E-state index in [9.17, 15) is 29.7 Å². The number of carbonyl (C=O) groups is 3. The zero-order valence-electron chi connectivity index (χ0n) is 18.2. The lowest BCUT2D eigenvalue weighted by atomic mass is 9.53. The molecule has 10 nitrogen and oxygen atoms in total. The molecule has 0 amide bonds. The summed E-state index contributed by atoms with van der Waals surface area (Å²) >= 11 is 0. The van der Waals surface area contributed by atoms with Crippen LogP contribution in [0, 0.1) is 28.1 Å². The van der Waals surface area contributed by atoms with Gasteiger partial charge in [-0.05, 0) is 5.41 Å². The van der Waals surface area contributed by atoms with Crippen LogP contribution in [-0.4, -0.2) is 76.6 Å². The summed E-state index contributed by atoms with van der Waals surface area (Å²) in [6.45, 7) is 8.08. The third-order valence-electron chi connectivity index (χ3n) is 7.42. The fraction of sp³-hybridized carbons (Fsp3) is 0.857. The van der Waals surface area contributed by atoms with Gasteiger partial charge >= 0.3 is 17.9 Å². The maximum Gasteiger partial charge on any atom is 0.336 e. The van der Waals surface area contributed by atoms with Crippen molar-refractivity contribution in [1.29, 1.82) is 0 Å². The Kier molecular flexibility index (Phi) is 4.98. The SMILES string of the molecule is CC(C)C(=O)OC(CO)[C@H](O)C12C3OC4OC(=O)CC41[C@H](C(C)(C)C)[C@@H](O)C2OC3=O. The third kappa shape index (κ3) is 2.62. The number of hydrogen-bond acceptors (Lipinski definition) is 10. The predicted molar refractivity (Wildman–Crippen MR) is 101 cm³/mol. The fourth-order valence-corrected chi connectivity index (χ4v) is 6.56. The zero-order chi connectivity index (χ0) is 23.1. The standard InChI is InChI=1S/C21H30O10/c1-8(2)16(26)28-9(7-22)13(25)21-14-11(24)12(19(3,4)5)20(21)6-10(23)29-18(20)31-15(21)17(27)30-14/h8-9,11-15,18,22,24-25H,6-7H2,1-5H3/t9?,11-,12+,13+,14?,15?,18?,20?,21?/m1/s1. The molecule has 6 unspecified atom stereocenters. The molecule has 0 bridgehead atoms. The lowest BCUT2D eigenvalue weighted by Gasteiger charge is -2.47. The Bertz CT molecular complexity index is 802. The van der Waals surface area contributed by atoms with Crippen molar-refractivity contribution in [1.82, 2.24) is 0 Å². The largest absolute Gasteiger partial charge is 0.457 e. The Balaban J connectivity index is 1.90. The van der Waals surface area contributed by atoms with Gasteiger partial charge in [0.2, 0.25) is 6.29 Å². The van der Waals surface area contributed by atoms with E-state index in [1.54, 1.807) is 13.8 Å². The van der Waals surface area contributed by atoms with Crippen LogP contribution in [0.4, 0.5) is 0 Å². The molecule has 0 radical (unpaired) electrons. The molecule has 3 aliphatic heterocycles. The van der Waals surface area contributed by atoms with Gasteiger partial charge in [-0.2, -0.15) is 0 Å². The Morgan fingerprint density at radius 3 is 2.45 bits per heavy atom. The minimum Gasteiger partial charge on any atom is -0.457 e. The molecule has 3 heterocycles. The van der Waals surface area contributed by atoms with E-state index in [1.165, 1.54) is 0 Å². The first-order chi connectivity index (χ1) is 14.3. The fourth-order valence-electron chi connectivity index (χ4n) is 6.56. The average Bonchev–Trinajstić information content (AvgIpc) is 3.28. The molecule has 31 heavy (non-hydrogen) atoms. The predicted octanol–water partition coefficient (Wildman–Crippen LogP) is -0.486. The summed E-state index contributed by atoms with van der Waals surface area (Å²) in [5.41, 5.74) is -3.57. The van der Waals surface area contributed by atoms with Crippen molar-refractivity contribution in [3.63, 3.8) is 0 Å². The van der Waals surface area contributed by atoms with E-state index in [2.05, 4.69) is 0 Å². The summed E-state index contributed by atoms with van der Waals surface area (Å²) in [5.74, 6) is -3.22. The van der Waals surface area contributed by atoms with E-state index in [0.717, 1.165) is 0 Å². The summed E-state index contributed by atoms with van der Waals surface area (Å²) in [7, 11) is 0. The molecule has 4 aliphatic rings. The Labute approximate surface area is 179 Å². The summed E-state index contributed by atoms with van der Waals surface area (Å²) in [6, 6.07) is 0. The van der Waals surface area contributed by atoms with Crippen LogP contribution in [0.2, 0.25) is 0 Å². The zero-order valence-corrected chi connectivity index (χ0v) is 18.2. The van der Waals surface area contributed by atoms with Crippen molar-refractivity contribution in [3.05, 3.63) is 0 Å². The van der Waals surface area contributed by atoms with Gasteiger partial charge in [-0.1, -0.05) is 34.6 Å². The molecule has 0 aromatic rings. The second-order valence-corrected chi connectivity index (χ2v) is 10.4. The minimum absolute atomic E-state index is 0.215. The van der Waals surface area contributed by atoms with Gasteiger partial charge in [-0.3, -0.25) is 9.59 Å². The summed E-state index contributed by atoms with van der Waals surface area (Å²) in [6.07, 6.45) is -8.29. The van der Waals surface area contributed by atoms with Crippen molar-refractivity contribution in [2.75, 3.05) is 6.61 Å². The first-order valence-corrected chi connectivity index (χ1v) is 10.6. The van der Waals surface area contributed by atoms with E-state index in [0.29, 0.717) is 0 Å². The second kappa shape index (κ2) is 6.87. The van der Waals surface area contributed by atoms with Crippen molar-refractivity contribution in [2.24, 2.45) is 28.1 Å². The van der Waals surface area contributed by atoms with Gasteiger partial charge in [0, 0.05) is 5.92 Å². The maximum atomic E-state index is 12.7. The van der Waals surface area contributed by atoms with Gasteiger partial charge in [-0.15, -0.1) is 0 Å². The van der Waals surface area contributed by atoms with Crippen molar-refractivity contribution >= 4 is 17.9 Å². The maximum absolute atomic E-state index is 12.7. The number of carbonyl (C=O) groups excluding carboxylic acids is 3. The van der Waals surface area contributed by atoms with Crippen LogP contribution in [0.5, 0.6) is 0 Å². The van der Waals surface area contributed by atoms with Crippen molar-refractivity contribution in [2.45, 2.75) is 77.8 Å². The summed E-state index contributed by atoms with van der Waals surface area (Å²) < 4.78 is 22.1. The van der Waals surface area contributed by atoms with Crippen LogP contribution in [0.25, 0.3) is 0 Å². The molecule has 3 saturated heterocycles. The molecular weight excluding hydrogens is 412 g/mol. The van der Waals surface area contributed by atoms with E-state index in [4.69, 9.17) is 18.9 Å². The Hall–Kier alpha value is -1.75. The van der Waals surface area contributed by atoms with E-state index < -0.39 is 89.4 Å². The number of esters is 3. The van der Waals surface area contributed by atoms with Crippen LogP contribution >= 0.6 is 0 Å². The molecule has 174 valence electrons. The number of aliphatic hydroxyl groups excluding tert-OH is 3. The van der Waals surface area contributed by atoms with Gasteiger partial charge in [0.1, 0.15) is 12.2 Å². The number of aliphatic hydroxyl groups is 3. The van der Waals surface area contributed by atoms with Gasteiger partial charge in [0.15, 0.2) is 12.2 Å². The van der Waals surface area contributed by atoms with Crippen LogP contribution < -0.4 is 0 Å². The molecular formula is C21H30O10. The molecule has 1 spiro atoms. The topological polar surface area (TPSA) is 149 Å². The first-order valence-electron chi connectivity index (χ1n) is 10.6. The smallest absolute Gasteiger partial charge is 0.336 e. The highest BCUT2D eigenvalue weighted by atomic mass is 16.7. The minimum atomic E-state index is -1.66. The molecule has 1 saturated carbocycles. The van der Waals surface area contributed by atoms with Gasteiger partial charge in [0.25, 0.3) is 0 Å². The van der Waals surface area contributed by atoms with Gasteiger partial charge < -0.3 is 34.3 Å². The van der Waals surface area contributed by atoms with Crippen LogP contribution in [0.3, 0.4) is 0 Å². The Morgan fingerprint density at radius 2 is 1.90 bits per heavy atom. The van der Waals surface area contributed by atoms with Crippen molar-refractivity contribution in [3.8, 4) is 0 Å². The van der Waals surface area contributed by atoms with Gasteiger partial charge in [-0.25, -0.2) is 4.79 Å². The normalized spacial score (nSPS) is 42.8. The highest BCUT2D eigenvalue weighted by Gasteiger charge is 2.90. The molecule has 1 aliphatic carbocycles. The van der Waals surface area contributed by atoms with E-state index in [1.807, 2.05) is 20.8 Å². The molecule has 0 aromatic heterocycles. The molecule has 0 aromatic carbocycles. The number of ether oxygens (including phenoxy) is 4. The summed E-state index contributed by atoms with van der Waals surface area (Å²) in [5, 5.41) is 32.9. The second-order valence-electron chi connectivity index (χ2n) is 10.4. The average molecular weight is 442 g/mol. The molecule has 4 rings (SSSR count). The van der Waals surface area contributed by atoms with E-state index in [-0.39, 0.29) is 6.42 Å². The first kappa shape index (κ1) is 22.4. The number of rotatable bonds is 5. The Morgan fingerprint density at radius 1 is 1.26 bits per heavy atom. The highest BCUT2D eigenvalue weighted by Crippen LogP contribution is 2.76. The molecule has 3 N–H and O–H groups in total. The van der Waals surface area contributed by atoms with Crippen LogP contribution in [0.1, 0.15) is 41.0 Å². The lowest BCUT2D eigenvalue weighted by Crippen LogP contribution is -2.60. The monoisotopic (exact) mass is 442 g/mol. The lowest BCUT2D eigenvalue weighted by molar-refractivity contribution is -0.185. The summed E-state index contributed by atoms with van der Waals surface area (Å²) in [4.78, 5) is 37.4. The third-order valence-corrected chi connectivity index (χ3v) is 7.42. The quantitative estimate of drug-likeness (QED) is 0.376. The molecule has 10 heteroatoms. The van der Waals surface area contributed by atoms with Crippen molar-refractivity contribution < 1.29 is 48.7 Å².